The Hall–Kier alpha value is -1.36. The molecule has 1 atom stereocenters. The van der Waals surface area contributed by atoms with Crippen LogP contribution in [-0.2, 0) is 4.74 Å². The summed E-state index contributed by atoms with van der Waals surface area (Å²) in [6.45, 7) is 4.69. The zero-order chi connectivity index (χ0) is 12.1. The average molecular weight is 237 g/mol. The molecule has 0 amide bonds. The van der Waals surface area contributed by atoms with Crippen molar-refractivity contribution in [3.8, 4) is 5.88 Å². The van der Waals surface area contributed by atoms with Gasteiger partial charge in [0, 0.05) is 32.0 Å². The Morgan fingerprint density at radius 1 is 1.59 bits per heavy atom. The fourth-order valence-corrected chi connectivity index (χ4v) is 1.98. The summed E-state index contributed by atoms with van der Waals surface area (Å²) >= 11 is 0. The molecule has 1 aromatic heterocycles. The second kappa shape index (κ2) is 5.82. The number of methoxy groups -OCH3 is 1. The number of hydrogen-bond donors (Lipinski definition) is 0. The standard InChI is InChI=1S/C12H19N3O2/c1-3-15(9-10-5-4-8-17-10)12-13-7-6-11(14-12)16-2/h6-7,10H,3-5,8-9H2,1-2H3. The van der Waals surface area contributed by atoms with Crippen molar-refractivity contribution in [1.82, 2.24) is 9.97 Å². The number of aromatic nitrogens is 2. The van der Waals surface area contributed by atoms with Crippen molar-refractivity contribution >= 4 is 5.95 Å². The second-order valence-corrected chi connectivity index (χ2v) is 4.07. The lowest BCUT2D eigenvalue weighted by Gasteiger charge is -2.23. The Morgan fingerprint density at radius 2 is 2.47 bits per heavy atom. The Bertz CT molecular complexity index is 353. The summed E-state index contributed by atoms with van der Waals surface area (Å²) in [6, 6.07) is 1.75. The van der Waals surface area contributed by atoms with Crippen LogP contribution in [0.1, 0.15) is 19.8 Å². The second-order valence-electron chi connectivity index (χ2n) is 4.07. The Kier molecular flexibility index (Phi) is 4.14. The van der Waals surface area contributed by atoms with E-state index in [-0.39, 0.29) is 0 Å². The molecule has 1 fully saturated rings. The van der Waals surface area contributed by atoms with Crippen LogP contribution in [0.25, 0.3) is 0 Å². The lowest BCUT2D eigenvalue weighted by atomic mass is 10.2. The van der Waals surface area contributed by atoms with Crippen molar-refractivity contribution in [3.05, 3.63) is 12.3 Å². The Morgan fingerprint density at radius 3 is 3.12 bits per heavy atom. The van der Waals surface area contributed by atoms with Gasteiger partial charge in [-0.05, 0) is 19.8 Å². The molecule has 1 aliphatic heterocycles. The molecular formula is C12H19N3O2. The van der Waals surface area contributed by atoms with E-state index in [9.17, 15) is 0 Å². The maximum atomic E-state index is 5.63. The van der Waals surface area contributed by atoms with E-state index in [0.29, 0.717) is 17.9 Å². The first-order valence-electron chi connectivity index (χ1n) is 6.07. The predicted octanol–water partition coefficient (Wildman–Crippen LogP) is 1.49. The minimum Gasteiger partial charge on any atom is -0.481 e. The normalized spacial score (nSPS) is 19.3. The van der Waals surface area contributed by atoms with Crippen LogP contribution in [0.15, 0.2) is 12.3 Å². The van der Waals surface area contributed by atoms with Crippen LogP contribution < -0.4 is 9.64 Å². The first kappa shape index (κ1) is 12.1. The van der Waals surface area contributed by atoms with Crippen molar-refractivity contribution in [2.24, 2.45) is 0 Å². The largest absolute Gasteiger partial charge is 0.481 e. The number of hydrogen-bond acceptors (Lipinski definition) is 5. The third-order valence-electron chi connectivity index (χ3n) is 2.94. The first-order chi connectivity index (χ1) is 8.33. The van der Waals surface area contributed by atoms with Gasteiger partial charge in [-0.15, -0.1) is 0 Å². The van der Waals surface area contributed by atoms with Gasteiger partial charge in [0.2, 0.25) is 11.8 Å². The molecular weight excluding hydrogens is 218 g/mol. The monoisotopic (exact) mass is 237 g/mol. The maximum Gasteiger partial charge on any atom is 0.228 e. The van der Waals surface area contributed by atoms with Crippen molar-refractivity contribution in [3.63, 3.8) is 0 Å². The van der Waals surface area contributed by atoms with Crippen molar-refractivity contribution in [2.75, 3.05) is 31.7 Å². The average Bonchev–Trinajstić information content (AvgIpc) is 2.89. The number of anilines is 1. The van der Waals surface area contributed by atoms with Crippen molar-refractivity contribution < 1.29 is 9.47 Å². The van der Waals surface area contributed by atoms with Crippen LogP contribution >= 0.6 is 0 Å². The van der Waals surface area contributed by atoms with Crippen LogP contribution in [0, 0.1) is 0 Å². The smallest absolute Gasteiger partial charge is 0.228 e. The SMILES string of the molecule is CCN(CC1CCCO1)c1nccc(OC)n1. The summed E-state index contributed by atoms with van der Waals surface area (Å²) in [5, 5.41) is 0. The summed E-state index contributed by atoms with van der Waals surface area (Å²) in [6.07, 6.45) is 4.31. The molecule has 94 valence electrons. The molecule has 0 spiro atoms. The minimum atomic E-state index is 0.310. The Labute approximate surface area is 102 Å². The lowest BCUT2D eigenvalue weighted by Crippen LogP contribution is -2.33. The van der Waals surface area contributed by atoms with E-state index in [0.717, 1.165) is 32.5 Å². The lowest BCUT2D eigenvalue weighted by molar-refractivity contribution is 0.115. The molecule has 0 bridgehead atoms. The van der Waals surface area contributed by atoms with E-state index < -0.39 is 0 Å². The zero-order valence-corrected chi connectivity index (χ0v) is 10.4. The van der Waals surface area contributed by atoms with Gasteiger partial charge < -0.3 is 14.4 Å². The molecule has 2 heterocycles. The molecule has 5 heteroatoms. The van der Waals surface area contributed by atoms with Gasteiger partial charge in [-0.2, -0.15) is 4.98 Å². The quantitative estimate of drug-likeness (QED) is 0.776. The number of ether oxygens (including phenoxy) is 2. The van der Waals surface area contributed by atoms with Crippen LogP contribution in [0.4, 0.5) is 5.95 Å². The van der Waals surface area contributed by atoms with E-state index in [1.54, 1.807) is 19.4 Å². The van der Waals surface area contributed by atoms with E-state index in [1.165, 1.54) is 0 Å². The Balaban J connectivity index is 2.04. The highest BCUT2D eigenvalue weighted by atomic mass is 16.5. The molecule has 1 unspecified atom stereocenters. The van der Waals surface area contributed by atoms with E-state index in [1.807, 2.05) is 0 Å². The molecule has 1 aliphatic rings. The van der Waals surface area contributed by atoms with Gasteiger partial charge in [0.25, 0.3) is 0 Å². The summed E-state index contributed by atoms with van der Waals surface area (Å²) < 4.78 is 10.7. The summed E-state index contributed by atoms with van der Waals surface area (Å²) in [4.78, 5) is 10.7. The minimum absolute atomic E-state index is 0.310. The van der Waals surface area contributed by atoms with Crippen LogP contribution in [0.3, 0.4) is 0 Å². The number of likely N-dealkylation sites (N-methyl/N-ethyl adjacent to an activating group) is 1. The van der Waals surface area contributed by atoms with E-state index in [2.05, 4.69) is 21.8 Å². The maximum absolute atomic E-state index is 5.63. The molecule has 2 rings (SSSR count). The van der Waals surface area contributed by atoms with Gasteiger partial charge in [0.1, 0.15) is 0 Å². The van der Waals surface area contributed by atoms with Gasteiger partial charge in [0.05, 0.1) is 13.2 Å². The van der Waals surface area contributed by atoms with E-state index >= 15 is 0 Å². The molecule has 17 heavy (non-hydrogen) atoms. The van der Waals surface area contributed by atoms with Crippen LogP contribution in [0.2, 0.25) is 0 Å². The van der Waals surface area contributed by atoms with Gasteiger partial charge in [0.15, 0.2) is 0 Å². The van der Waals surface area contributed by atoms with Gasteiger partial charge >= 0.3 is 0 Å². The van der Waals surface area contributed by atoms with Gasteiger partial charge in [-0.1, -0.05) is 0 Å². The van der Waals surface area contributed by atoms with Crippen LogP contribution in [-0.4, -0.2) is 42.9 Å². The molecule has 0 aliphatic carbocycles. The molecule has 0 radical (unpaired) electrons. The van der Waals surface area contributed by atoms with E-state index in [4.69, 9.17) is 9.47 Å². The number of nitrogens with zero attached hydrogens (tertiary/aromatic N) is 3. The number of rotatable bonds is 5. The topological polar surface area (TPSA) is 47.5 Å². The van der Waals surface area contributed by atoms with Crippen molar-refractivity contribution in [2.45, 2.75) is 25.9 Å². The molecule has 1 aromatic rings. The predicted molar refractivity (Wildman–Crippen MR) is 65.4 cm³/mol. The highest BCUT2D eigenvalue weighted by Crippen LogP contribution is 2.17. The molecule has 0 saturated carbocycles. The fourth-order valence-electron chi connectivity index (χ4n) is 1.98. The molecule has 0 N–H and O–H groups in total. The highest BCUT2D eigenvalue weighted by molar-refractivity contribution is 5.31. The highest BCUT2D eigenvalue weighted by Gasteiger charge is 2.20. The third-order valence-corrected chi connectivity index (χ3v) is 2.94. The third kappa shape index (κ3) is 3.06. The summed E-state index contributed by atoms with van der Waals surface area (Å²) in [7, 11) is 1.61. The summed E-state index contributed by atoms with van der Waals surface area (Å²) in [5.74, 6) is 1.31. The van der Waals surface area contributed by atoms with Gasteiger partial charge in [-0.3, -0.25) is 0 Å². The van der Waals surface area contributed by atoms with Gasteiger partial charge in [-0.25, -0.2) is 4.98 Å². The summed E-state index contributed by atoms with van der Waals surface area (Å²) in [5.41, 5.74) is 0. The molecule has 5 nitrogen and oxygen atoms in total. The van der Waals surface area contributed by atoms with Crippen molar-refractivity contribution in [1.29, 1.82) is 0 Å². The zero-order valence-electron chi connectivity index (χ0n) is 10.4. The van der Waals surface area contributed by atoms with Crippen LogP contribution in [0.5, 0.6) is 5.88 Å². The molecule has 1 saturated heterocycles. The molecule has 0 aromatic carbocycles. The first-order valence-corrected chi connectivity index (χ1v) is 6.07. The fraction of sp³-hybridized carbons (Fsp3) is 0.667.